The van der Waals surface area contributed by atoms with E-state index >= 15 is 0 Å². The van der Waals surface area contributed by atoms with Gasteiger partial charge in [-0.15, -0.1) is 0 Å². The molecule has 1 N–H and O–H groups in total. The molecule has 0 spiro atoms. The molecule has 0 radical (unpaired) electrons. The zero-order chi connectivity index (χ0) is 7.72. The summed E-state index contributed by atoms with van der Waals surface area (Å²) in [6.45, 7) is 0. The molecule has 0 saturated carbocycles. The zero-order valence-corrected chi connectivity index (χ0v) is 6.89. The first-order valence-electron chi connectivity index (χ1n) is 2.45. The summed E-state index contributed by atoms with van der Waals surface area (Å²) >= 11 is 1.64. The largest absolute Gasteiger partial charge is 0.505 e. The molecule has 0 saturated heterocycles. The van der Waals surface area contributed by atoms with Crippen molar-refractivity contribution in [1.29, 1.82) is 0 Å². The van der Waals surface area contributed by atoms with Crippen LogP contribution < -0.4 is 0 Å². The van der Waals surface area contributed by atoms with Crippen molar-refractivity contribution in [3.8, 4) is 5.75 Å². The lowest BCUT2D eigenvalue weighted by Gasteiger charge is -1.96. The monoisotopic (exact) mass is 256 g/mol. The topological polar surface area (TPSA) is 20.2 Å². The number of rotatable bonds is 0. The van der Waals surface area contributed by atoms with Crippen molar-refractivity contribution >= 4 is 22.6 Å². The lowest BCUT2D eigenvalue weighted by Crippen LogP contribution is -1.87. The van der Waals surface area contributed by atoms with Gasteiger partial charge in [0, 0.05) is 0 Å². The van der Waals surface area contributed by atoms with Crippen molar-refractivity contribution in [1.82, 2.24) is 0 Å². The van der Waals surface area contributed by atoms with Gasteiger partial charge in [-0.3, -0.25) is 0 Å². The van der Waals surface area contributed by atoms with Crippen LogP contribution in [0.4, 0.5) is 8.78 Å². The lowest BCUT2D eigenvalue weighted by molar-refractivity contribution is 0.405. The van der Waals surface area contributed by atoms with Crippen LogP contribution in [0.3, 0.4) is 0 Å². The molecular formula is C6H3F2IO. The van der Waals surface area contributed by atoms with Gasteiger partial charge >= 0.3 is 0 Å². The molecule has 1 rings (SSSR count). The summed E-state index contributed by atoms with van der Waals surface area (Å²) in [5.74, 6) is -2.84. The van der Waals surface area contributed by atoms with Crippen LogP contribution in [0.5, 0.6) is 5.75 Å². The molecule has 0 aliphatic carbocycles. The molecule has 0 aromatic heterocycles. The fourth-order valence-corrected chi connectivity index (χ4v) is 0.932. The summed E-state index contributed by atoms with van der Waals surface area (Å²) in [7, 11) is 0. The predicted molar refractivity (Wildman–Crippen MR) is 40.7 cm³/mol. The average Bonchev–Trinajstić information content (AvgIpc) is 1.93. The van der Waals surface area contributed by atoms with Crippen molar-refractivity contribution in [2.75, 3.05) is 0 Å². The molecule has 4 heteroatoms. The molecule has 0 aliphatic rings. The fourth-order valence-electron chi connectivity index (χ4n) is 0.516. The van der Waals surface area contributed by atoms with Gasteiger partial charge in [-0.25, -0.2) is 4.39 Å². The summed E-state index contributed by atoms with van der Waals surface area (Å²) in [4.78, 5) is 0. The van der Waals surface area contributed by atoms with Gasteiger partial charge in [-0.1, -0.05) is 0 Å². The van der Waals surface area contributed by atoms with Gasteiger partial charge in [0.15, 0.2) is 11.6 Å². The van der Waals surface area contributed by atoms with Gasteiger partial charge < -0.3 is 5.11 Å². The van der Waals surface area contributed by atoms with Crippen molar-refractivity contribution in [2.24, 2.45) is 0 Å². The Morgan fingerprint density at radius 1 is 1.20 bits per heavy atom. The third kappa shape index (κ3) is 1.21. The van der Waals surface area contributed by atoms with Gasteiger partial charge in [0.25, 0.3) is 0 Å². The number of hydrogen-bond donors (Lipinski definition) is 1. The van der Waals surface area contributed by atoms with Crippen LogP contribution >= 0.6 is 22.6 Å². The standard InChI is InChI=1S/C6H3F2IO/c7-5-3(9)1-2-4(10)6(5)8/h1-2,10H. The minimum Gasteiger partial charge on any atom is -0.505 e. The second-order valence-electron chi connectivity index (χ2n) is 1.69. The van der Waals surface area contributed by atoms with Gasteiger partial charge in [0.05, 0.1) is 3.57 Å². The summed E-state index contributed by atoms with van der Waals surface area (Å²) in [6.07, 6.45) is 0. The van der Waals surface area contributed by atoms with Crippen LogP contribution in [-0.2, 0) is 0 Å². The highest BCUT2D eigenvalue weighted by atomic mass is 127. The highest BCUT2D eigenvalue weighted by Crippen LogP contribution is 2.21. The smallest absolute Gasteiger partial charge is 0.201 e. The van der Waals surface area contributed by atoms with Crippen LogP contribution in [0, 0.1) is 15.2 Å². The number of phenols is 1. The van der Waals surface area contributed by atoms with E-state index in [1.807, 2.05) is 0 Å². The van der Waals surface area contributed by atoms with Crippen LogP contribution in [0.1, 0.15) is 0 Å². The Kier molecular flexibility index (Phi) is 2.08. The number of halogens is 3. The van der Waals surface area contributed by atoms with E-state index in [2.05, 4.69) is 0 Å². The van der Waals surface area contributed by atoms with Gasteiger partial charge in [-0.2, -0.15) is 4.39 Å². The first-order valence-corrected chi connectivity index (χ1v) is 3.53. The Morgan fingerprint density at radius 3 is 2.30 bits per heavy atom. The van der Waals surface area contributed by atoms with E-state index in [0.717, 1.165) is 6.07 Å². The Labute approximate surface area is 69.8 Å². The molecule has 0 heterocycles. The Morgan fingerprint density at radius 2 is 1.80 bits per heavy atom. The van der Waals surface area contributed by atoms with Crippen molar-refractivity contribution in [2.45, 2.75) is 0 Å². The number of hydrogen-bond acceptors (Lipinski definition) is 1. The normalized spacial score (nSPS) is 9.90. The van der Waals surface area contributed by atoms with E-state index in [1.165, 1.54) is 6.07 Å². The SMILES string of the molecule is Oc1ccc(I)c(F)c1F. The third-order valence-corrected chi connectivity index (χ3v) is 1.85. The Balaban J connectivity index is 3.34. The maximum atomic E-state index is 12.4. The average molecular weight is 256 g/mol. The molecule has 10 heavy (non-hydrogen) atoms. The quantitative estimate of drug-likeness (QED) is 0.557. The second-order valence-corrected chi connectivity index (χ2v) is 2.86. The molecule has 1 nitrogen and oxygen atoms in total. The third-order valence-electron chi connectivity index (χ3n) is 1.01. The van der Waals surface area contributed by atoms with E-state index < -0.39 is 17.4 Å². The number of benzene rings is 1. The van der Waals surface area contributed by atoms with E-state index in [4.69, 9.17) is 5.11 Å². The minimum absolute atomic E-state index is 0.160. The summed E-state index contributed by atoms with van der Waals surface area (Å²) < 4.78 is 25.0. The predicted octanol–water partition coefficient (Wildman–Crippen LogP) is 2.28. The minimum atomic E-state index is -1.19. The van der Waals surface area contributed by atoms with Crippen LogP contribution in [0.15, 0.2) is 12.1 Å². The second kappa shape index (κ2) is 2.69. The maximum absolute atomic E-state index is 12.4. The zero-order valence-electron chi connectivity index (χ0n) is 4.74. The molecule has 0 unspecified atom stereocenters. The lowest BCUT2D eigenvalue weighted by atomic mass is 10.3. The van der Waals surface area contributed by atoms with Crippen LogP contribution in [-0.4, -0.2) is 5.11 Å². The van der Waals surface area contributed by atoms with E-state index in [9.17, 15) is 8.78 Å². The van der Waals surface area contributed by atoms with Gasteiger partial charge in [0.2, 0.25) is 5.82 Å². The van der Waals surface area contributed by atoms with E-state index in [1.54, 1.807) is 22.6 Å². The Bertz CT molecular complexity index is 235. The van der Waals surface area contributed by atoms with Crippen LogP contribution in [0.2, 0.25) is 0 Å². The molecular weight excluding hydrogens is 253 g/mol. The molecule has 0 aliphatic heterocycles. The van der Waals surface area contributed by atoms with Crippen molar-refractivity contribution in [3.05, 3.63) is 27.3 Å². The molecule has 1 aromatic rings. The fraction of sp³-hybridized carbons (Fsp3) is 0. The summed E-state index contributed by atoms with van der Waals surface area (Å²) in [6, 6.07) is 2.41. The molecule has 0 amide bonds. The summed E-state index contributed by atoms with van der Waals surface area (Å²) in [5, 5.41) is 8.61. The molecule has 0 bridgehead atoms. The molecule has 54 valence electrons. The number of aromatic hydroxyl groups is 1. The highest BCUT2D eigenvalue weighted by molar-refractivity contribution is 14.1. The molecule has 1 aromatic carbocycles. The molecule has 0 fully saturated rings. The first kappa shape index (κ1) is 7.71. The summed E-state index contributed by atoms with van der Waals surface area (Å²) in [5.41, 5.74) is 0. The van der Waals surface area contributed by atoms with Crippen molar-refractivity contribution in [3.63, 3.8) is 0 Å². The van der Waals surface area contributed by atoms with Crippen molar-refractivity contribution < 1.29 is 13.9 Å². The van der Waals surface area contributed by atoms with Crippen LogP contribution in [0.25, 0.3) is 0 Å². The Hall–Kier alpha value is -0.390. The maximum Gasteiger partial charge on any atom is 0.201 e. The van der Waals surface area contributed by atoms with Gasteiger partial charge in [-0.05, 0) is 34.7 Å². The first-order chi connectivity index (χ1) is 4.63. The highest BCUT2D eigenvalue weighted by Gasteiger charge is 2.09. The van der Waals surface area contributed by atoms with E-state index in [0.29, 0.717) is 0 Å². The van der Waals surface area contributed by atoms with Gasteiger partial charge in [0.1, 0.15) is 0 Å². The number of phenolic OH excluding ortho intramolecular Hbond substituents is 1. The molecule has 0 atom stereocenters. The van der Waals surface area contributed by atoms with E-state index in [-0.39, 0.29) is 3.57 Å².